The average Bonchev–Trinajstić information content (AvgIpc) is 3.39. The molecule has 3 aromatic rings. The highest BCUT2D eigenvalue weighted by molar-refractivity contribution is 7.89. The van der Waals surface area contributed by atoms with Gasteiger partial charge in [0.2, 0.25) is 15.9 Å². The van der Waals surface area contributed by atoms with Gasteiger partial charge in [0, 0.05) is 26.2 Å². The Hall–Kier alpha value is -2.07. The van der Waals surface area contributed by atoms with Gasteiger partial charge in [-0.1, -0.05) is 23.8 Å². The van der Waals surface area contributed by atoms with E-state index in [9.17, 15) is 8.42 Å². The molecular formula is C20H24N4O3S2. The van der Waals surface area contributed by atoms with Crippen LogP contribution < -0.4 is 0 Å². The maximum Gasteiger partial charge on any atom is 0.257 e. The zero-order valence-electron chi connectivity index (χ0n) is 16.7. The number of sulfonamides is 1. The lowest BCUT2D eigenvalue weighted by Gasteiger charge is -2.36. The van der Waals surface area contributed by atoms with Crippen molar-refractivity contribution in [2.45, 2.75) is 31.7 Å². The van der Waals surface area contributed by atoms with Crippen molar-refractivity contribution >= 4 is 21.4 Å². The van der Waals surface area contributed by atoms with E-state index in [1.54, 1.807) is 21.7 Å². The summed E-state index contributed by atoms with van der Waals surface area (Å²) >= 11 is 1.56. The van der Waals surface area contributed by atoms with E-state index >= 15 is 0 Å². The number of hydrogen-bond donors (Lipinski definition) is 0. The van der Waals surface area contributed by atoms with E-state index in [-0.39, 0.29) is 6.04 Å². The zero-order valence-corrected chi connectivity index (χ0v) is 18.3. The summed E-state index contributed by atoms with van der Waals surface area (Å²) in [6.45, 7) is 7.92. The van der Waals surface area contributed by atoms with Crippen LogP contribution >= 0.6 is 11.3 Å². The Bertz CT molecular complexity index is 1080. The van der Waals surface area contributed by atoms with Crippen LogP contribution in [0.2, 0.25) is 0 Å². The number of nitrogens with zero attached hydrogens (tertiary/aromatic N) is 4. The second-order valence-corrected chi connectivity index (χ2v) is 10.2. The first-order valence-electron chi connectivity index (χ1n) is 9.55. The van der Waals surface area contributed by atoms with Gasteiger partial charge >= 0.3 is 0 Å². The molecule has 4 rings (SSSR count). The van der Waals surface area contributed by atoms with Crippen molar-refractivity contribution in [1.29, 1.82) is 0 Å². The molecule has 0 bridgehead atoms. The van der Waals surface area contributed by atoms with Gasteiger partial charge in [-0.25, -0.2) is 8.42 Å². The van der Waals surface area contributed by atoms with Gasteiger partial charge in [0.05, 0.1) is 15.8 Å². The smallest absolute Gasteiger partial charge is 0.257 e. The highest BCUT2D eigenvalue weighted by atomic mass is 32.2. The zero-order chi connectivity index (χ0) is 20.6. The molecule has 0 saturated carbocycles. The molecular weight excluding hydrogens is 408 g/mol. The Labute approximate surface area is 175 Å². The maximum absolute atomic E-state index is 13.1. The summed E-state index contributed by atoms with van der Waals surface area (Å²) in [7, 11) is -3.49. The Morgan fingerprint density at radius 1 is 1.10 bits per heavy atom. The van der Waals surface area contributed by atoms with E-state index in [0.29, 0.717) is 42.9 Å². The van der Waals surface area contributed by atoms with Crippen molar-refractivity contribution < 1.29 is 12.8 Å². The maximum atomic E-state index is 13.1. The summed E-state index contributed by atoms with van der Waals surface area (Å²) < 4.78 is 33.6. The molecule has 2 aromatic heterocycles. The first kappa shape index (κ1) is 20.2. The number of benzene rings is 1. The van der Waals surface area contributed by atoms with Gasteiger partial charge in [-0.2, -0.15) is 4.31 Å². The molecule has 7 nitrogen and oxygen atoms in total. The van der Waals surface area contributed by atoms with Crippen molar-refractivity contribution in [3.8, 4) is 10.8 Å². The minimum atomic E-state index is -3.49. The summed E-state index contributed by atoms with van der Waals surface area (Å²) in [6.07, 6.45) is 0. The number of rotatable bonds is 5. The molecule has 3 heterocycles. The van der Waals surface area contributed by atoms with E-state index in [2.05, 4.69) is 15.1 Å². The van der Waals surface area contributed by atoms with Crippen LogP contribution in [-0.2, 0) is 10.0 Å². The monoisotopic (exact) mass is 432 g/mol. The Balaban J connectivity index is 1.44. The van der Waals surface area contributed by atoms with Gasteiger partial charge in [-0.15, -0.1) is 21.5 Å². The van der Waals surface area contributed by atoms with Crippen molar-refractivity contribution in [3.63, 3.8) is 0 Å². The van der Waals surface area contributed by atoms with Crippen LogP contribution in [0.3, 0.4) is 0 Å². The molecule has 0 N–H and O–H groups in total. The lowest BCUT2D eigenvalue weighted by molar-refractivity contribution is 0.129. The second-order valence-electron chi connectivity index (χ2n) is 7.31. The van der Waals surface area contributed by atoms with E-state index in [1.165, 1.54) is 0 Å². The minimum Gasteiger partial charge on any atom is -0.418 e. The molecule has 1 atom stereocenters. The molecule has 0 spiro atoms. The third-order valence-corrected chi connectivity index (χ3v) is 8.22. The summed E-state index contributed by atoms with van der Waals surface area (Å²) in [5, 5.41) is 10.3. The molecule has 1 unspecified atom stereocenters. The van der Waals surface area contributed by atoms with Crippen LogP contribution in [0.5, 0.6) is 0 Å². The van der Waals surface area contributed by atoms with Crippen LogP contribution in [0.15, 0.2) is 45.0 Å². The lowest BCUT2D eigenvalue weighted by atomic mass is 10.2. The third kappa shape index (κ3) is 4.00. The molecule has 1 aliphatic rings. The van der Waals surface area contributed by atoms with Crippen molar-refractivity contribution in [2.24, 2.45) is 0 Å². The number of hydrogen-bond acceptors (Lipinski definition) is 7. The molecule has 0 amide bonds. The number of aromatic nitrogens is 2. The Kier molecular flexibility index (Phi) is 5.56. The van der Waals surface area contributed by atoms with Gasteiger partial charge in [0.15, 0.2) is 0 Å². The largest absolute Gasteiger partial charge is 0.418 e. The number of thiophene rings is 1. The Morgan fingerprint density at radius 2 is 1.86 bits per heavy atom. The van der Waals surface area contributed by atoms with Crippen molar-refractivity contribution in [1.82, 2.24) is 19.4 Å². The van der Waals surface area contributed by atoms with Crippen LogP contribution in [0, 0.1) is 13.8 Å². The number of aryl methyl sites for hydroxylation is 2. The van der Waals surface area contributed by atoms with Gasteiger partial charge in [-0.05, 0) is 43.8 Å². The molecule has 9 heteroatoms. The van der Waals surface area contributed by atoms with E-state index in [0.717, 1.165) is 16.0 Å². The van der Waals surface area contributed by atoms with Crippen LogP contribution in [0.25, 0.3) is 10.8 Å². The first-order valence-corrected chi connectivity index (χ1v) is 11.9. The standard InChI is InChI=1S/C20H24N4O3S2/c1-14-6-7-18(15(2)13-14)29(25,26)24-10-8-23(9-11-24)16(3)19-21-22-20(27-19)17-5-4-12-28-17/h4-7,12-13,16H,8-11H2,1-3H3. The van der Waals surface area contributed by atoms with E-state index in [1.807, 2.05) is 50.4 Å². The van der Waals surface area contributed by atoms with Gasteiger partial charge < -0.3 is 4.42 Å². The minimum absolute atomic E-state index is 0.0674. The summed E-state index contributed by atoms with van der Waals surface area (Å²) in [4.78, 5) is 3.52. The number of piperazine rings is 1. The highest BCUT2D eigenvalue weighted by Crippen LogP contribution is 2.28. The topological polar surface area (TPSA) is 79.5 Å². The fraction of sp³-hybridized carbons (Fsp3) is 0.400. The van der Waals surface area contributed by atoms with Crippen LogP contribution in [0.1, 0.15) is 30.0 Å². The van der Waals surface area contributed by atoms with Crippen LogP contribution in [-0.4, -0.2) is 54.0 Å². The van der Waals surface area contributed by atoms with Gasteiger partial charge in [-0.3, -0.25) is 4.90 Å². The summed E-state index contributed by atoms with van der Waals surface area (Å²) in [5.41, 5.74) is 1.84. The predicted molar refractivity (Wildman–Crippen MR) is 112 cm³/mol. The molecule has 0 radical (unpaired) electrons. The second kappa shape index (κ2) is 7.98. The molecule has 1 saturated heterocycles. The fourth-order valence-corrected chi connectivity index (χ4v) is 5.89. The molecule has 1 aromatic carbocycles. The molecule has 0 aliphatic carbocycles. The average molecular weight is 433 g/mol. The summed E-state index contributed by atoms with van der Waals surface area (Å²) in [5.74, 6) is 1.08. The Morgan fingerprint density at radius 3 is 2.52 bits per heavy atom. The molecule has 1 aliphatic heterocycles. The van der Waals surface area contributed by atoms with E-state index < -0.39 is 10.0 Å². The SMILES string of the molecule is Cc1ccc(S(=O)(=O)N2CCN(C(C)c3nnc(-c4cccs4)o3)CC2)c(C)c1. The third-order valence-electron chi connectivity index (χ3n) is 5.30. The highest BCUT2D eigenvalue weighted by Gasteiger charge is 2.32. The predicted octanol–water partition coefficient (Wildman–Crippen LogP) is 3.48. The van der Waals surface area contributed by atoms with E-state index in [4.69, 9.17) is 4.42 Å². The molecule has 29 heavy (non-hydrogen) atoms. The molecule has 1 fully saturated rings. The van der Waals surface area contributed by atoms with Gasteiger partial charge in [0.1, 0.15) is 0 Å². The summed E-state index contributed by atoms with van der Waals surface area (Å²) in [6, 6.07) is 9.29. The van der Waals surface area contributed by atoms with Crippen molar-refractivity contribution in [3.05, 3.63) is 52.7 Å². The quantitative estimate of drug-likeness (QED) is 0.614. The lowest BCUT2D eigenvalue weighted by Crippen LogP contribution is -2.49. The normalized spacial score (nSPS) is 17.5. The first-order chi connectivity index (χ1) is 13.9. The fourth-order valence-electron chi connectivity index (χ4n) is 3.62. The van der Waals surface area contributed by atoms with Crippen LogP contribution in [0.4, 0.5) is 0 Å². The van der Waals surface area contributed by atoms with Gasteiger partial charge in [0.25, 0.3) is 5.89 Å². The molecule has 154 valence electrons. The van der Waals surface area contributed by atoms with Crippen molar-refractivity contribution in [2.75, 3.05) is 26.2 Å².